The van der Waals surface area contributed by atoms with Crippen LogP contribution in [0.4, 0.5) is 0 Å². The van der Waals surface area contributed by atoms with E-state index in [4.69, 9.17) is 0 Å². The highest BCUT2D eigenvalue weighted by molar-refractivity contribution is 5.31. The number of nitrogens with one attached hydrogen (secondary N) is 2. The second-order valence-electron chi connectivity index (χ2n) is 3.67. The number of benzene rings is 1. The molecule has 0 spiro atoms. The molecule has 0 aliphatic carbocycles. The van der Waals surface area contributed by atoms with Crippen LogP contribution in [0.1, 0.15) is 17.0 Å². The molecular formula is C13H16N2. The van der Waals surface area contributed by atoms with Crippen LogP contribution in [0.15, 0.2) is 48.8 Å². The number of aromatic nitrogens is 1. The highest BCUT2D eigenvalue weighted by Gasteiger charge is 2.12. The molecule has 1 heterocycles. The quantitative estimate of drug-likeness (QED) is 0.779. The van der Waals surface area contributed by atoms with Gasteiger partial charge in [-0.05, 0) is 24.2 Å². The van der Waals surface area contributed by atoms with E-state index in [1.165, 1.54) is 11.1 Å². The summed E-state index contributed by atoms with van der Waals surface area (Å²) in [5.41, 5.74) is 2.68. The van der Waals surface area contributed by atoms with Crippen molar-refractivity contribution in [3.8, 4) is 0 Å². The fourth-order valence-corrected chi connectivity index (χ4v) is 1.87. The average Bonchev–Trinajstić information content (AvgIpc) is 2.80. The second kappa shape index (κ2) is 4.80. The Hall–Kier alpha value is -1.54. The van der Waals surface area contributed by atoms with Gasteiger partial charge in [0.15, 0.2) is 0 Å². The summed E-state index contributed by atoms with van der Waals surface area (Å²) in [6, 6.07) is 12.7. The maximum absolute atomic E-state index is 3.24. The summed E-state index contributed by atoms with van der Waals surface area (Å²) in [5.74, 6) is 0.433. The van der Waals surface area contributed by atoms with Crippen molar-refractivity contribution >= 4 is 0 Å². The Balaban J connectivity index is 2.28. The zero-order valence-electron chi connectivity index (χ0n) is 8.90. The third kappa shape index (κ3) is 2.28. The zero-order valence-corrected chi connectivity index (χ0v) is 8.90. The molecule has 0 bridgehead atoms. The molecule has 0 radical (unpaired) electrons. The Morgan fingerprint density at radius 1 is 1.13 bits per heavy atom. The van der Waals surface area contributed by atoms with Crippen LogP contribution in [0, 0.1) is 0 Å². The summed E-state index contributed by atoms with van der Waals surface area (Å²) in [4.78, 5) is 3.11. The lowest BCUT2D eigenvalue weighted by Gasteiger charge is -2.15. The Labute approximate surface area is 90.3 Å². The molecule has 0 saturated heterocycles. The Kier molecular flexibility index (Phi) is 3.20. The van der Waals surface area contributed by atoms with Crippen LogP contribution in [-0.4, -0.2) is 18.6 Å². The van der Waals surface area contributed by atoms with E-state index in [1.807, 2.05) is 13.2 Å². The van der Waals surface area contributed by atoms with E-state index < -0.39 is 0 Å². The topological polar surface area (TPSA) is 27.8 Å². The maximum Gasteiger partial charge on any atom is 0.0229 e. The summed E-state index contributed by atoms with van der Waals surface area (Å²) < 4.78 is 0. The van der Waals surface area contributed by atoms with Gasteiger partial charge in [-0.1, -0.05) is 30.3 Å². The smallest absolute Gasteiger partial charge is 0.0229 e. The molecule has 0 aliphatic heterocycles. The van der Waals surface area contributed by atoms with Crippen LogP contribution in [0.2, 0.25) is 0 Å². The van der Waals surface area contributed by atoms with Crippen LogP contribution in [0.5, 0.6) is 0 Å². The Morgan fingerprint density at radius 3 is 2.53 bits per heavy atom. The minimum atomic E-state index is 0.433. The van der Waals surface area contributed by atoms with E-state index in [0.717, 1.165) is 6.54 Å². The van der Waals surface area contributed by atoms with Crippen molar-refractivity contribution in [1.82, 2.24) is 10.3 Å². The van der Waals surface area contributed by atoms with E-state index in [0.29, 0.717) is 5.92 Å². The van der Waals surface area contributed by atoms with Crippen molar-refractivity contribution in [3.63, 3.8) is 0 Å². The van der Waals surface area contributed by atoms with E-state index in [-0.39, 0.29) is 0 Å². The molecule has 1 unspecified atom stereocenters. The first kappa shape index (κ1) is 9.99. The molecule has 78 valence electrons. The highest BCUT2D eigenvalue weighted by Crippen LogP contribution is 2.23. The molecule has 0 amide bonds. The minimum absolute atomic E-state index is 0.433. The summed E-state index contributed by atoms with van der Waals surface area (Å²) >= 11 is 0. The van der Waals surface area contributed by atoms with Crippen molar-refractivity contribution in [2.75, 3.05) is 13.6 Å². The van der Waals surface area contributed by atoms with Gasteiger partial charge in [-0.25, -0.2) is 0 Å². The van der Waals surface area contributed by atoms with Gasteiger partial charge in [0.1, 0.15) is 0 Å². The van der Waals surface area contributed by atoms with E-state index in [2.05, 4.69) is 52.9 Å². The van der Waals surface area contributed by atoms with Crippen LogP contribution in [0.25, 0.3) is 0 Å². The van der Waals surface area contributed by atoms with Gasteiger partial charge in [-0.15, -0.1) is 0 Å². The molecule has 15 heavy (non-hydrogen) atoms. The van der Waals surface area contributed by atoms with Gasteiger partial charge in [0.05, 0.1) is 0 Å². The van der Waals surface area contributed by atoms with Crippen LogP contribution in [-0.2, 0) is 0 Å². The first-order valence-electron chi connectivity index (χ1n) is 5.24. The zero-order chi connectivity index (χ0) is 10.5. The number of hydrogen-bond donors (Lipinski definition) is 2. The molecule has 2 nitrogen and oxygen atoms in total. The SMILES string of the molecule is CNCC(c1ccccc1)c1cc[nH]c1. The van der Waals surface area contributed by atoms with E-state index >= 15 is 0 Å². The molecule has 1 atom stereocenters. The van der Waals surface area contributed by atoms with Gasteiger partial charge in [0.2, 0.25) is 0 Å². The normalized spacial score (nSPS) is 12.6. The highest BCUT2D eigenvalue weighted by atomic mass is 14.8. The van der Waals surface area contributed by atoms with Crippen molar-refractivity contribution in [2.24, 2.45) is 0 Å². The van der Waals surface area contributed by atoms with Crippen molar-refractivity contribution in [2.45, 2.75) is 5.92 Å². The average molecular weight is 200 g/mol. The first-order chi connectivity index (χ1) is 7.42. The third-order valence-corrected chi connectivity index (χ3v) is 2.63. The molecule has 1 aromatic heterocycles. The summed E-state index contributed by atoms with van der Waals surface area (Å²) in [6.45, 7) is 0.960. The molecule has 0 saturated carbocycles. The summed E-state index contributed by atoms with van der Waals surface area (Å²) in [6.07, 6.45) is 4.04. The van der Waals surface area contributed by atoms with Crippen LogP contribution < -0.4 is 5.32 Å². The van der Waals surface area contributed by atoms with Gasteiger partial charge >= 0.3 is 0 Å². The lowest BCUT2D eigenvalue weighted by atomic mass is 9.93. The maximum atomic E-state index is 3.24. The molecule has 0 aliphatic rings. The number of H-pyrrole nitrogens is 1. The lowest BCUT2D eigenvalue weighted by molar-refractivity contribution is 0.709. The van der Waals surface area contributed by atoms with Crippen LogP contribution in [0.3, 0.4) is 0 Å². The van der Waals surface area contributed by atoms with Gasteiger partial charge in [-0.3, -0.25) is 0 Å². The van der Waals surface area contributed by atoms with Crippen molar-refractivity contribution in [1.29, 1.82) is 0 Å². The summed E-state index contributed by atoms with van der Waals surface area (Å²) in [7, 11) is 1.99. The fourth-order valence-electron chi connectivity index (χ4n) is 1.87. The molecule has 0 fully saturated rings. The standard InChI is InChI=1S/C13H16N2/c1-14-10-13(12-7-8-15-9-12)11-5-3-2-4-6-11/h2-9,13-15H,10H2,1H3. The number of hydrogen-bond acceptors (Lipinski definition) is 1. The van der Waals surface area contributed by atoms with E-state index in [9.17, 15) is 0 Å². The predicted octanol–water partition coefficient (Wildman–Crippen LogP) is 2.37. The number of likely N-dealkylation sites (N-methyl/N-ethyl adjacent to an activating group) is 1. The second-order valence-corrected chi connectivity index (χ2v) is 3.67. The van der Waals surface area contributed by atoms with Gasteiger partial charge in [-0.2, -0.15) is 0 Å². The molecule has 2 rings (SSSR count). The summed E-state index contributed by atoms with van der Waals surface area (Å²) in [5, 5.41) is 3.24. The largest absolute Gasteiger partial charge is 0.367 e. The minimum Gasteiger partial charge on any atom is -0.367 e. The lowest BCUT2D eigenvalue weighted by Crippen LogP contribution is -2.17. The molecule has 2 N–H and O–H groups in total. The predicted molar refractivity (Wildman–Crippen MR) is 63.0 cm³/mol. The van der Waals surface area contributed by atoms with E-state index in [1.54, 1.807) is 0 Å². The van der Waals surface area contributed by atoms with Gasteiger partial charge < -0.3 is 10.3 Å². The molecule has 1 aromatic carbocycles. The number of aromatic amines is 1. The molecule has 2 heteroatoms. The molecular weight excluding hydrogens is 184 g/mol. The van der Waals surface area contributed by atoms with Gasteiger partial charge in [0.25, 0.3) is 0 Å². The van der Waals surface area contributed by atoms with Gasteiger partial charge in [0, 0.05) is 24.9 Å². The van der Waals surface area contributed by atoms with Crippen molar-refractivity contribution in [3.05, 3.63) is 59.9 Å². The number of rotatable bonds is 4. The third-order valence-electron chi connectivity index (χ3n) is 2.63. The fraction of sp³-hybridized carbons (Fsp3) is 0.231. The molecule has 2 aromatic rings. The van der Waals surface area contributed by atoms with Crippen molar-refractivity contribution < 1.29 is 0 Å². The Bertz CT molecular complexity index is 378. The first-order valence-corrected chi connectivity index (χ1v) is 5.24. The Morgan fingerprint density at radius 2 is 1.93 bits per heavy atom. The van der Waals surface area contributed by atoms with Crippen LogP contribution >= 0.6 is 0 Å². The monoisotopic (exact) mass is 200 g/mol.